The normalized spacial score (nSPS) is 8.06. The Morgan fingerprint density at radius 3 is 1.56 bits per heavy atom. The molecule has 0 aromatic heterocycles. The van der Waals surface area contributed by atoms with Crippen molar-refractivity contribution in [1.29, 1.82) is 0 Å². The highest BCUT2D eigenvalue weighted by Crippen LogP contribution is 2.07. The Hall–Kier alpha value is -1.59. The van der Waals surface area contributed by atoms with Gasteiger partial charge in [0.1, 0.15) is 0 Å². The molecular weight excluding hydrogens is 234 g/mol. The van der Waals surface area contributed by atoms with Gasteiger partial charge in [-0.2, -0.15) is 0 Å². The van der Waals surface area contributed by atoms with E-state index in [2.05, 4.69) is 18.4 Å². The minimum Gasteiger partial charge on any atom is -0.372 e. The Labute approximate surface area is 109 Å². The number of hydrogen-bond donors (Lipinski definition) is 3. The molecule has 0 aromatic carbocycles. The zero-order chi connectivity index (χ0) is 14.6. The van der Waals surface area contributed by atoms with Gasteiger partial charge in [0, 0.05) is 6.42 Å². The fourth-order valence-corrected chi connectivity index (χ4v) is 1.26. The largest absolute Gasteiger partial charge is 0.372 e. The smallest absolute Gasteiger partial charge is 0.217 e. The number of primary amides is 3. The monoisotopic (exact) mass is 261 g/mol. The Morgan fingerprint density at radius 1 is 0.889 bits per heavy atom. The van der Waals surface area contributed by atoms with Crippen LogP contribution in [-0.2, 0) is 14.4 Å². The third-order valence-electron chi connectivity index (χ3n) is 2.03. The number of unbranched alkanes of at least 4 members (excludes halogenated alkanes) is 6. The standard InChI is InChI=1S/C10H21NO.2CH3NO/c1-2-3-4-5-6-7-8-9-10(11)12;2*2-1-3/h2-9H2,1H3,(H2,11,12);2*1H,(H2,2,3). The third kappa shape index (κ3) is 47.2. The van der Waals surface area contributed by atoms with Crippen molar-refractivity contribution in [2.24, 2.45) is 17.2 Å². The van der Waals surface area contributed by atoms with E-state index < -0.39 is 0 Å². The Balaban J connectivity index is -0.000000315. The van der Waals surface area contributed by atoms with Gasteiger partial charge in [0.15, 0.2) is 0 Å². The molecule has 0 heterocycles. The molecule has 0 aliphatic carbocycles. The molecule has 0 aromatic rings. The van der Waals surface area contributed by atoms with Crippen LogP contribution in [-0.4, -0.2) is 18.7 Å². The number of hydrogen-bond acceptors (Lipinski definition) is 3. The van der Waals surface area contributed by atoms with E-state index in [-0.39, 0.29) is 18.7 Å². The van der Waals surface area contributed by atoms with Gasteiger partial charge in [-0.15, -0.1) is 0 Å². The number of carbonyl (C=O) groups excluding carboxylic acids is 3. The van der Waals surface area contributed by atoms with Gasteiger partial charge < -0.3 is 17.2 Å². The zero-order valence-corrected chi connectivity index (χ0v) is 11.3. The Bertz CT molecular complexity index is 181. The van der Waals surface area contributed by atoms with E-state index in [0.29, 0.717) is 6.42 Å². The molecule has 0 atom stereocenters. The number of carbonyl (C=O) groups is 3. The molecule has 6 N–H and O–H groups in total. The summed E-state index contributed by atoms with van der Waals surface area (Å²) in [5.41, 5.74) is 13.3. The quantitative estimate of drug-likeness (QED) is 0.441. The van der Waals surface area contributed by atoms with Crippen molar-refractivity contribution < 1.29 is 14.4 Å². The predicted molar refractivity (Wildman–Crippen MR) is 72.3 cm³/mol. The van der Waals surface area contributed by atoms with Crippen molar-refractivity contribution in [2.75, 3.05) is 0 Å². The molecule has 18 heavy (non-hydrogen) atoms. The van der Waals surface area contributed by atoms with E-state index in [1.165, 1.54) is 32.1 Å². The molecule has 0 aliphatic rings. The molecule has 0 saturated carbocycles. The molecule has 0 unspecified atom stereocenters. The van der Waals surface area contributed by atoms with E-state index in [0.717, 1.165) is 12.8 Å². The summed E-state index contributed by atoms with van der Waals surface area (Å²) in [6.45, 7) is 2.22. The van der Waals surface area contributed by atoms with Gasteiger partial charge >= 0.3 is 0 Å². The van der Waals surface area contributed by atoms with Crippen LogP contribution in [0.25, 0.3) is 0 Å². The van der Waals surface area contributed by atoms with Gasteiger partial charge in [-0.3, -0.25) is 14.4 Å². The van der Waals surface area contributed by atoms with E-state index in [9.17, 15) is 4.79 Å². The van der Waals surface area contributed by atoms with E-state index in [1.54, 1.807) is 0 Å². The first kappa shape index (κ1) is 21.7. The van der Waals surface area contributed by atoms with Crippen molar-refractivity contribution in [3.8, 4) is 0 Å². The van der Waals surface area contributed by atoms with Gasteiger partial charge in [-0.25, -0.2) is 0 Å². The second kappa shape index (κ2) is 24.6. The second-order valence-corrected chi connectivity index (χ2v) is 3.61. The lowest BCUT2D eigenvalue weighted by Crippen LogP contribution is -2.09. The SMILES string of the molecule is CCCCCCCCCC(N)=O.NC=O.NC=O. The second-order valence-electron chi connectivity index (χ2n) is 3.61. The van der Waals surface area contributed by atoms with Crippen molar-refractivity contribution in [3.63, 3.8) is 0 Å². The molecule has 0 fully saturated rings. The van der Waals surface area contributed by atoms with Gasteiger partial charge in [0.2, 0.25) is 18.7 Å². The van der Waals surface area contributed by atoms with Gasteiger partial charge in [-0.05, 0) is 6.42 Å². The Morgan fingerprint density at radius 2 is 1.22 bits per heavy atom. The maximum Gasteiger partial charge on any atom is 0.217 e. The number of nitrogens with two attached hydrogens (primary N) is 3. The lowest BCUT2D eigenvalue weighted by molar-refractivity contribution is -0.118. The molecule has 0 saturated heterocycles. The van der Waals surface area contributed by atoms with Crippen molar-refractivity contribution >= 4 is 18.7 Å². The molecule has 108 valence electrons. The highest BCUT2D eigenvalue weighted by molar-refractivity contribution is 5.73. The minimum atomic E-state index is -0.163. The van der Waals surface area contributed by atoms with Crippen LogP contribution < -0.4 is 17.2 Å². The third-order valence-corrected chi connectivity index (χ3v) is 2.03. The van der Waals surface area contributed by atoms with Gasteiger partial charge in [0.25, 0.3) is 0 Å². The predicted octanol–water partition coefficient (Wildman–Crippen LogP) is 0.815. The summed E-state index contributed by atoms with van der Waals surface area (Å²) in [6.07, 6.45) is 9.74. The molecule has 3 amide bonds. The van der Waals surface area contributed by atoms with E-state index >= 15 is 0 Å². The van der Waals surface area contributed by atoms with E-state index in [4.69, 9.17) is 15.3 Å². The summed E-state index contributed by atoms with van der Waals surface area (Å²) >= 11 is 0. The van der Waals surface area contributed by atoms with Crippen molar-refractivity contribution in [1.82, 2.24) is 0 Å². The van der Waals surface area contributed by atoms with Crippen LogP contribution in [0.4, 0.5) is 0 Å². The Kier molecular flexibility index (Phi) is 29.6. The van der Waals surface area contributed by atoms with Crippen molar-refractivity contribution in [2.45, 2.75) is 58.3 Å². The fraction of sp³-hybridized carbons (Fsp3) is 0.750. The van der Waals surface area contributed by atoms with Gasteiger partial charge in [0.05, 0.1) is 0 Å². The molecule has 6 nitrogen and oxygen atoms in total. The highest BCUT2D eigenvalue weighted by Gasteiger charge is 1.94. The molecule has 0 aliphatic heterocycles. The molecule has 0 rings (SSSR count). The number of amides is 3. The summed E-state index contributed by atoms with van der Waals surface area (Å²) in [6, 6.07) is 0. The van der Waals surface area contributed by atoms with Crippen LogP contribution in [0.5, 0.6) is 0 Å². The first-order chi connectivity index (χ1) is 8.60. The van der Waals surface area contributed by atoms with Gasteiger partial charge in [-0.1, -0.05) is 45.4 Å². The maximum absolute atomic E-state index is 10.4. The van der Waals surface area contributed by atoms with Crippen LogP contribution in [0.2, 0.25) is 0 Å². The maximum atomic E-state index is 10.4. The van der Waals surface area contributed by atoms with E-state index in [1.807, 2.05) is 0 Å². The highest BCUT2D eigenvalue weighted by atomic mass is 16.1. The fourth-order valence-electron chi connectivity index (χ4n) is 1.26. The first-order valence-electron chi connectivity index (χ1n) is 6.19. The van der Waals surface area contributed by atoms with Crippen molar-refractivity contribution in [3.05, 3.63) is 0 Å². The number of rotatable bonds is 8. The minimum absolute atomic E-state index is 0.163. The molecule has 0 radical (unpaired) electrons. The molecular formula is C12H27N3O3. The lowest BCUT2D eigenvalue weighted by Gasteiger charge is -1.98. The van der Waals surface area contributed by atoms with Crippen LogP contribution in [0.1, 0.15) is 58.3 Å². The molecule has 0 bridgehead atoms. The average Bonchev–Trinajstić information content (AvgIpc) is 2.29. The van der Waals surface area contributed by atoms with Crippen LogP contribution in [0.3, 0.4) is 0 Å². The summed E-state index contributed by atoms with van der Waals surface area (Å²) in [5.74, 6) is -0.163. The summed E-state index contributed by atoms with van der Waals surface area (Å²) in [5, 5.41) is 0. The zero-order valence-electron chi connectivity index (χ0n) is 11.3. The molecule has 0 spiro atoms. The average molecular weight is 261 g/mol. The molecule has 6 heteroatoms. The van der Waals surface area contributed by atoms with Crippen LogP contribution in [0, 0.1) is 0 Å². The van der Waals surface area contributed by atoms with Crippen LogP contribution in [0.15, 0.2) is 0 Å². The first-order valence-corrected chi connectivity index (χ1v) is 6.19. The topological polar surface area (TPSA) is 129 Å². The summed E-state index contributed by atoms with van der Waals surface area (Å²) < 4.78 is 0. The summed E-state index contributed by atoms with van der Waals surface area (Å²) in [4.78, 5) is 27.5. The van der Waals surface area contributed by atoms with Crippen LogP contribution >= 0.6 is 0 Å². The lowest BCUT2D eigenvalue weighted by atomic mass is 10.1. The summed E-state index contributed by atoms with van der Waals surface area (Å²) in [7, 11) is 0.